The van der Waals surface area contributed by atoms with E-state index < -0.39 is 11.8 Å². The van der Waals surface area contributed by atoms with Crippen molar-refractivity contribution in [3.05, 3.63) is 53.9 Å². The van der Waals surface area contributed by atoms with Gasteiger partial charge < -0.3 is 20.1 Å². The van der Waals surface area contributed by atoms with E-state index in [4.69, 9.17) is 9.47 Å². The van der Waals surface area contributed by atoms with Gasteiger partial charge in [-0.05, 0) is 29.8 Å². The van der Waals surface area contributed by atoms with Gasteiger partial charge in [-0.2, -0.15) is 0 Å². The Kier molecular flexibility index (Phi) is 4.37. The van der Waals surface area contributed by atoms with Gasteiger partial charge in [-0.15, -0.1) is 0 Å². The Hall–Kier alpha value is -3.09. The van der Waals surface area contributed by atoms with E-state index in [1.165, 1.54) is 0 Å². The van der Waals surface area contributed by atoms with Gasteiger partial charge in [0.15, 0.2) is 11.5 Å². The fraction of sp³-hybridized carbons (Fsp3) is 0.188. The smallest absolute Gasteiger partial charge is 0.309 e. The molecule has 0 atom stereocenters. The quantitative estimate of drug-likeness (QED) is 0.813. The van der Waals surface area contributed by atoms with Crippen molar-refractivity contribution in [2.24, 2.45) is 0 Å². The third kappa shape index (κ3) is 3.76. The molecule has 7 heteroatoms. The number of amides is 2. The van der Waals surface area contributed by atoms with E-state index in [0.29, 0.717) is 17.2 Å². The molecule has 1 aromatic heterocycles. The summed E-state index contributed by atoms with van der Waals surface area (Å²) < 4.78 is 10.5. The van der Waals surface area contributed by atoms with Crippen LogP contribution in [0.1, 0.15) is 11.3 Å². The van der Waals surface area contributed by atoms with Crippen molar-refractivity contribution in [3.8, 4) is 11.5 Å². The van der Waals surface area contributed by atoms with Crippen LogP contribution in [0, 0.1) is 0 Å². The van der Waals surface area contributed by atoms with Crippen molar-refractivity contribution in [2.45, 2.75) is 13.1 Å². The van der Waals surface area contributed by atoms with Gasteiger partial charge in [0.2, 0.25) is 6.79 Å². The first-order chi connectivity index (χ1) is 11.2. The normalized spacial score (nSPS) is 11.8. The van der Waals surface area contributed by atoms with Crippen LogP contribution in [0.2, 0.25) is 0 Å². The third-order valence-corrected chi connectivity index (χ3v) is 3.25. The minimum atomic E-state index is -0.698. The second-order valence-electron chi connectivity index (χ2n) is 4.87. The molecule has 0 aliphatic carbocycles. The second kappa shape index (κ2) is 6.78. The minimum absolute atomic E-state index is 0.196. The van der Waals surface area contributed by atoms with Gasteiger partial charge in [0, 0.05) is 12.7 Å². The summed E-state index contributed by atoms with van der Waals surface area (Å²) in [6.45, 7) is 0.630. The molecule has 3 rings (SSSR count). The van der Waals surface area contributed by atoms with E-state index in [9.17, 15) is 9.59 Å². The van der Waals surface area contributed by atoms with Crippen molar-refractivity contribution >= 4 is 11.8 Å². The lowest BCUT2D eigenvalue weighted by Gasteiger charge is -2.07. The summed E-state index contributed by atoms with van der Waals surface area (Å²) in [6, 6.07) is 10.7. The Balaban J connectivity index is 1.48. The zero-order chi connectivity index (χ0) is 16.1. The Morgan fingerprint density at radius 1 is 1.00 bits per heavy atom. The van der Waals surface area contributed by atoms with Crippen LogP contribution in [0.3, 0.4) is 0 Å². The number of fused-ring (bicyclic) bond motifs is 1. The molecule has 1 aliphatic heterocycles. The molecule has 2 heterocycles. The first kappa shape index (κ1) is 14.8. The summed E-state index contributed by atoms with van der Waals surface area (Å²) in [5.41, 5.74) is 1.50. The summed E-state index contributed by atoms with van der Waals surface area (Å²) in [5, 5.41) is 5.08. The topological polar surface area (TPSA) is 89.5 Å². The van der Waals surface area contributed by atoms with Gasteiger partial charge in [0.25, 0.3) is 0 Å². The predicted molar refractivity (Wildman–Crippen MR) is 80.5 cm³/mol. The van der Waals surface area contributed by atoms with Gasteiger partial charge in [0.1, 0.15) is 0 Å². The van der Waals surface area contributed by atoms with E-state index >= 15 is 0 Å². The van der Waals surface area contributed by atoms with Crippen molar-refractivity contribution in [1.29, 1.82) is 0 Å². The number of hydrogen-bond donors (Lipinski definition) is 2. The lowest BCUT2D eigenvalue weighted by atomic mass is 10.2. The maximum absolute atomic E-state index is 11.8. The molecule has 1 aliphatic rings. The van der Waals surface area contributed by atoms with Crippen molar-refractivity contribution in [2.75, 3.05) is 6.79 Å². The lowest BCUT2D eigenvalue weighted by molar-refractivity contribution is -0.139. The maximum Gasteiger partial charge on any atom is 0.309 e. The lowest BCUT2D eigenvalue weighted by Crippen LogP contribution is -2.39. The molecule has 7 nitrogen and oxygen atoms in total. The fourth-order valence-electron chi connectivity index (χ4n) is 2.07. The van der Waals surface area contributed by atoms with Crippen molar-refractivity contribution in [3.63, 3.8) is 0 Å². The van der Waals surface area contributed by atoms with E-state index in [2.05, 4.69) is 15.6 Å². The molecule has 2 N–H and O–H groups in total. The highest BCUT2D eigenvalue weighted by atomic mass is 16.7. The Labute approximate surface area is 132 Å². The Morgan fingerprint density at radius 3 is 2.57 bits per heavy atom. The number of carbonyl (C=O) groups is 2. The molecule has 23 heavy (non-hydrogen) atoms. The van der Waals surface area contributed by atoms with Crippen LogP contribution in [0.5, 0.6) is 11.5 Å². The molecule has 1 aromatic carbocycles. The zero-order valence-corrected chi connectivity index (χ0v) is 12.2. The molecule has 0 radical (unpaired) electrons. The molecule has 0 saturated carbocycles. The molecule has 0 unspecified atom stereocenters. The summed E-state index contributed by atoms with van der Waals surface area (Å²) in [7, 11) is 0. The van der Waals surface area contributed by atoms with Crippen molar-refractivity contribution < 1.29 is 19.1 Å². The fourth-order valence-corrected chi connectivity index (χ4v) is 2.07. The summed E-state index contributed by atoms with van der Waals surface area (Å²) in [6.07, 6.45) is 1.63. The maximum atomic E-state index is 11.8. The molecular weight excluding hydrogens is 298 g/mol. The van der Waals surface area contributed by atoms with Gasteiger partial charge in [-0.25, -0.2) is 0 Å². The first-order valence-corrected chi connectivity index (χ1v) is 7.07. The number of aromatic nitrogens is 1. The van der Waals surface area contributed by atoms with Crippen LogP contribution in [0.25, 0.3) is 0 Å². The van der Waals surface area contributed by atoms with E-state index in [1.54, 1.807) is 36.5 Å². The SMILES string of the molecule is O=C(NCc1ccc2c(c1)OCO2)C(=O)NCc1ccccn1. The highest BCUT2D eigenvalue weighted by Gasteiger charge is 2.15. The van der Waals surface area contributed by atoms with Crippen LogP contribution < -0.4 is 20.1 Å². The minimum Gasteiger partial charge on any atom is -0.454 e. The Morgan fingerprint density at radius 2 is 1.78 bits per heavy atom. The van der Waals surface area contributed by atoms with E-state index in [0.717, 1.165) is 5.56 Å². The number of ether oxygens (including phenoxy) is 2. The van der Waals surface area contributed by atoms with Crippen LogP contribution in [-0.2, 0) is 22.7 Å². The summed E-state index contributed by atoms with van der Waals surface area (Å²) in [5.74, 6) is -0.0838. The number of hydrogen-bond acceptors (Lipinski definition) is 5. The molecular formula is C16H15N3O4. The van der Waals surface area contributed by atoms with Crippen LogP contribution in [-0.4, -0.2) is 23.6 Å². The highest BCUT2D eigenvalue weighted by Crippen LogP contribution is 2.32. The first-order valence-electron chi connectivity index (χ1n) is 7.07. The van der Waals surface area contributed by atoms with Crippen LogP contribution in [0.15, 0.2) is 42.6 Å². The number of benzene rings is 1. The number of rotatable bonds is 4. The van der Waals surface area contributed by atoms with Gasteiger partial charge in [0.05, 0.1) is 12.2 Å². The largest absolute Gasteiger partial charge is 0.454 e. The summed E-state index contributed by atoms with van der Waals surface area (Å²) >= 11 is 0. The number of pyridine rings is 1. The number of nitrogens with one attached hydrogen (secondary N) is 2. The molecule has 0 bridgehead atoms. The molecule has 0 spiro atoms. The summed E-state index contributed by atoms with van der Waals surface area (Å²) in [4.78, 5) is 27.6. The van der Waals surface area contributed by atoms with Crippen LogP contribution >= 0.6 is 0 Å². The highest BCUT2D eigenvalue weighted by molar-refractivity contribution is 6.35. The number of nitrogens with zero attached hydrogens (tertiary/aromatic N) is 1. The average Bonchev–Trinajstić information content (AvgIpc) is 3.06. The monoisotopic (exact) mass is 313 g/mol. The molecule has 0 fully saturated rings. The van der Waals surface area contributed by atoms with Crippen molar-refractivity contribution in [1.82, 2.24) is 15.6 Å². The molecule has 2 amide bonds. The standard InChI is InChI=1S/C16H15N3O4/c20-15(16(21)19-9-12-3-1-2-6-17-12)18-8-11-4-5-13-14(7-11)23-10-22-13/h1-7H,8-10H2,(H,18,20)(H,19,21). The Bertz CT molecular complexity index is 719. The van der Waals surface area contributed by atoms with E-state index in [-0.39, 0.29) is 19.9 Å². The van der Waals surface area contributed by atoms with E-state index in [1.807, 2.05) is 6.07 Å². The molecule has 0 saturated heterocycles. The predicted octanol–water partition coefficient (Wildman–Crippen LogP) is 0.743. The molecule has 118 valence electrons. The average molecular weight is 313 g/mol. The van der Waals surface area contributed by atoms with Gasteiger partial charge >= 0.3 is 11.8 Å². The molecule has 2 aromatic rings. The third-order valence-electron chi connectivity index (χ3n) is 3.25. The van der Waals surface area contributed by atoms with Gasteiger partial charge in [-0.3, -0.25) is 14.6 Å². The second-order valence-corrected chi connectivity index (χ2v) is 4.87. The van der Waals surface area contributed by atoms with Crippen LogP contribution in [0.4, 0.5) is 0 Å². The van der Waals surface area contributed by atoms with Gasteiger partial charge in [-0.1, -0.05) is 12.1 Å². The number of carbonyl (C=O) groups excluding carboxylic acids is 2. The zero-order valence-electron chi connectivity index (χ0n) is 12.2.